The third-order valence-corrected chi connectivity index (χ3v) is 4.06. The van der Waals surface area contributed by atoms with Crippen molar-refractivity contribution in [3.63, 3.8) is 0 Å². The highest BCUT2D eigenvalue weighted by Gasteiger charge is 2.15. The smallest absolute Gasteiger partial charge is 0.200 e. The van der Waals surface area contributed by atoms with Crippen molar-refractivity contribution in [2.24, 2.45) is 0 Å². The van der Waals surface area contributed by atoms with Crippen molar-refractivity contribution >= 4 is 21.9 Å². The molecule has 0 amide bonds. The molecule has 3 aromatic rings. The maximum atomic E-state index is 12.8. The fourth-order valence-corrected chi connectivity index (χ4v) is 2.88. The van der Waals surface area contributed by atoms with Crippen LogP contribution in [0.15, 0.2) is 39.5 Å². The van der Waals surface area contributed by atoms with Gasteiger partial charge in [0.25, 0.3) is 0 Å². The number of hydrogen-bond acceptors (Lipinski definition) is 2. The number of para-hydroxylation sites is 1. The summed E-state index contributed by atoms with van der Waals surface area (Å²) >= 11 is 0. The average molecular weight is 266 g/mol. The molecular formula is C18H18O2. The predicted molar refractivity (Wildman–Crippen MR) is 83.5 cm³/mol. The summed E-state index contributed by atoms with van der Waals surface area (Å²) in [6.45, 7) is 6.24. The molecule has 0 saturated heterocycles. The fraction of sp³-hybridized carbons (Fsp3) is 0.278. The first-order valence-electron chi connectivity index (χ1n) is 7.14. The third kappa shape index (κ3) is 1.75. The monoisotopic (exact) mass is 266 g/mol. The molecule has 20 heavy (non-hydrogen) atoms. The second-order valence-electron chi connectivity index (χ2n) is 5.16. The molecule has 3 rings (SSSR count). The molecule has 2 heteroatoms. The normalized spacial score (nSPS) is 11.3. The lowest BCUT2D eigenvalue weighted by molar-refractivity contribution is 0.653. The molecule has 102 valence electrons. The minimum absolute atomic E-state index is 0.0874. The van der Waals surface area contributed by atoms with Crippen molar-refractivity contribution in [2.45, 2.75) is 33.6 Å². The van der Waals surface area contributed by atoms with Gasteiger partial charge in [-0.05, 0) is 48.6 Å². The maximum Gasteiger partial charge on any atom is 0.200 e. The van der Waals surface area contributed by atoms with Crippen LogP contribution in [0, 0.1) is 6.92 Å². The second kappa shape index (κ2) is 4.78. The van der Waals surface area contributed by atoms with Gasteiger partial charge in [-0.3, -0.25) is 4.79 Å². The van der Waals surface area contributed by atoms with E-state index < -0.39 is 0 Å². The van der Waals surface area contributed by atoms with E-state index in [0.717, 1.165) is 34.9 Å². The molecule has 0 saturated carbocycles. The Morgan fingerprint density at radius 3 is 2.45 bits per heavy atom. The molecule has 0 aliphatic heterocycles. The van der Waals surface area contributed by atoms with E-state index in [-0.39, 0.29) is 5.43 Å². The zero-order valence-electron chi connectivity index (χ0n) is 12.1. The van der Waals surface area contributed by atoms with E-state index in [2.05, 4.69) is 19.9 Å². The van der Waals surface area contributed by atoms with Crippen LogP contribution in [0.25, 0.3) is 21.9 Å². The van der Waals surface area contributed by atoms with Crippen molar-refractivity contribution in [1.82, 2.24) is 0 Å². The molecule has 0 spiro atoms. The SMILES string of the molecule is CCc1cc(CC)c2oc3ccccc3c(=O)c2c1C. The van der Waals surface area contributed by atoms with Crippen molar-refractivity contribution < 1.29 is 4.42 Å². The van der Waals surface area contributed by atoms with Crippen LogP contribution in [0.1, 0.15) is 30.5 Å². The van der Waals surface area contributed by atoms with Gasteiger partial charge in [-0.2, -0.15) is 0 Å². The lowest BCUT2D eigenvalue weighted by atomic mass is 9.96. The Morgan fingerprint density at radius 2 is 1.75 bits per heavy atom. The molecule has 0 unspecified atom stereocenters. The van der Waals surface area contributed by atoms with Crippen LogP contribution in [0.2, 0.25) is 0 Å². The van der Waals surface area contributed by atoms with Crippen LogP contribution in [0.4, 0.5) is 0 Å². The largest absolute Gasteiger partial charge is 0.456 e. The molecule has 0 fully saturated rings. The first kappa shape index (κ1) is 12.9. The van der Waals surface area contributed by atoms with Crippen LogP contribution >= 0.6 is 0 Å². The van der Waals surface area contributed by atoms with Crippen LogP contribution in [0.3, 0.4) is 0 Å². The summed E-state index contributed by atoms with van der Waals surface area (Å²) in [4.78, 5) is 12.8. The van der Waals surface area contributed by atoms with E-state index in [1.807, 2.05) is 31.2 Å². The Balaban J connectivity index is 2.60. The minimum atomic E-state index is 0.0874. The highest BCUT2D eigenvalue weighted by Crippen LogP contribution is 2.27. The fourth-order valence-electron chi connectivity index (χ4n) is 2.88. The van der Waals surface area contributed by atoms with Crippen LogP contribution in [-0.2, 0) is 12.8 Å². The third-order valence-electron chi connectivity index (χ3n) is 4.06. The highest BCUT2D eigenvalue weighted by molar-refractivity contribution is 5.93. The Labute approximate surface area is 118 Å². The number of aryl methyl sites for hydroxylation is 3. The zero-order valence-corrected chi connectivity index (χ0v) is 12.1. The lowest BCUT2D eigenvalue weighted by Crippen LogP contribution is -2.07. The number of hydrogen-bond donors (Lipinski definition) is 0. The van der Waals surface area contributed by atoms with Crippen molar-refractivity contribution in [2.75, 3.05) is 0 Å². The number of benzene rings is 2. The van der Waals surface area contributed by atoms with Gasteiger partial charge in [-0.1, -0.05) is 32.0 Å². The Hall–Kier alpha value is -2.09. The van der Waals surface area contributed by atoms with Crippen LogP contribution < -0.4 is 5.43 Å². The molecule has 0 radical (unpaired) electrons. The summed E-state index contributed by atoms with van der Waals surface area (Å²) in [5, 5.41) is 1.42. The second-order valence-corrected chi connectivity index (χ2v) is 5.16. The van der Waals surface area contributed by atoms with Crippen LogP contribution in [-0.4, -0.2) is 0 Å². The van der Waals surface area contributed by atoms with E-state index in [4.69, 9.17) is 4.42 Å². The summed E-state index contributed by atoms with van der Waals surface area (Å²) in [6, 6.07) is 9.65. The zero-order chi connectivity index (χ0) is 14.3. The lowest BCUT2D eigenvalue weighted by Gasteiger charge is -2.12. The van der Waals surface area contributed by atoms with E-state index in [9.17, 15) is 4.79 Å². The average Bonchev–Trinajstić information content (AvgIpc) is 2.48. The van der Waals surface area contributed by atoms with Gasteiger partial charge in [0.2, 0.25) is 5.43 Å². The summed E-state index contributed by atoms with van der Waals surface area (Å²) in [6.07, 6.45) is 1.80. The standard InChI is InChI=1S/C18H18O2/c1-4-12-10-13(5-2)18-16(11(12)3)17(19)14-8-6-7-9-15(14)20-18/h6-10H,4-5H2,1-3H3. The van der Waals surface area contributed by atoms with Crippen molar-refractivity contribution in [3.8, 4) is 0 Å². The number of fused-ring (bicyclic) bond motifs is 2. The Bertz CT molecular complexity index is 857. The summed E-state index contributed by atoms with van der Waals surface area (Å²) in [5.74, 6) is 0. The predicted octanol–water partition coefficient (Wildman–Crippen LogP) is 4.38. The maximum absolute atomic E-state index is 12.8. The molecule has 2 aromatic carbocycles. The van der Waals surface area contributed by atoms with Gasteiger partial charge in [-0.15, -0.1) is 0 Å². The van der Waals surface area contributed by atoms with Crippen LogP contribution in [0.5, 0.6) is 0 Å². The first-order chi connectivity index (χ1) is 9.67. The van der Waals surface area contributed by atoms with E-state index in [1.54, 1.807) is 0 Å². The highest BCUT2D eigenvalue weighted by atomic mass is 16.3. The summed E-state index contributed by atoms with van der Waals surface area (Å²) in [5.41, 5.74) is 4.92. The molecule has 0 bridgehead atoms. The van der Waals surface area contributed by atoms with E-state index in [1.165, 1.54) is 5.56 Å². The van der Waals surface area contributed by atoms with E-state index >= 15 is 0 Å². The Morgan fingerprint density at radius 1 is 1.05 bits per heavy atom. The summed E-state index contributed by atoms with van der Waals surface area (Å²) < 4.78 is 6.03. The summed E-state index contributed by atoms with van der Waals surface area (Å²) in [7, 11) is 0. The quantitative estimate of drug-likeness (QED) is 0.644. The molecule has 1 aromatic heterocycles. The van der Waals surface area contributed by atoms with Gasteiger partial charge >= 0.3 is 0 Å². The van der Waals surface area contributed by atoms with Gasteiger partial charge in [0.05, 0.1) is 10.8 Å². The van der Waals surface area contributed by atoms with Crippen molar-refractivity contribution in [1.29, 1.82) is 0 Å². The topological polar surface area (TPSA) is 30.2 Å². The van der Waals surface area contributed by atoms with Gasteiger partial charge in [-0.25, -0.2) is 0 Å². The van der Waals surface area contributed by atoms with Crippen molar-refractivity contribution in [3.05, 3.63) is 57.2 Å². The first-order valence-corrected chi connectivity index (χ1v) is 7.14. The van der Waals surface area contributed by atoms with Gasteiger partial charge in [0, 0.05) is 0 Å². The van der Waals surface area contributed by atoms with Gasteiger partial charge in [0.1, 0.15) is 11.2 Å². The molecule has 0 atom stereocenters. The molecule has 1 heterocycles. The molecule has 0 aliphatic carbocycles. The van der Waals surface area contributed by atoms with Gasteiger partial charge in [0.15, 0.2) is 0 Å². The molecule has 0 aliphatic rings. The Kier molecular flexibility index (Phi) is 3.09. The molecule has 2 nitrogen and oxygen atoms in total. The minimum Gasteiger partial charge on any atom is -0.456 e. The molecular weight excluding hydrogens is 248 g/mol. The van der Waals surface area contributed by atoms with E-state index in [0.29, 0.717) is 11.0 Å². The van der Waals surface area contributed by atoms with Gasteiger partial charge < -0.3 is 4.42 Å². The molecule has 0 N–H and O–H groups in total. The number of rotatable bonds is 2.